The zero-order valence-corrected chi connectivity index (χ0v) is 29.1. The van der Waals surface area contributed by atoms with Crippen LogP contribution in [0.4, 0.5) is 5.69 Å². The number of hydrogen-bond donors (Lipinski definition) is 1. The van der Waals surface area contributed by atoms with Crippen molar-refractivity contribution in [1.82, 2.24) is 4.57 Å². The van der Waals surface area contributed by atoms with Crippen molar-refractivity contribution in [2.45, 2.75) is 46.1 Å². The van der Waals surface area contributed by atoms with Crippen LogP contribution in [0.1, 0.15) is 51.2 Å². The second-order valence-corrected chi connectivity index (χ2v) is 11.6. The maximum absolute atomic E-state index is 3.90. The van der Waals surface area contributed by atoms with E-state index in [1.165, 1.54) is 50.7 Å². The minimum absolute atomic E-state index is 0.235. The molecule has 3 aromatic rings. The van der Waals surface area contributed by atoms with Crippen molar-refractivity contribution in [2.24, 2.45) is 7.05 Å². The summed E-state index contributed by atoms with van der Waals surface area (Å²) in [5, 5.41) is 8.70. The Morgan fingerprint density at radius 3 is 2.04 bits per heavy atom. The van der Waals surface area contributed by atoms with Gasteiger partial charge in [-0.3, -0.25) is 0 Å². The zero-order chi connectivity index (χ0) is 34.1. The van der Waals surface area contributed by atoms with Crippen LogP contribution in [0.25, 0.3) is 35.5 Å². The minimum Gasteiger partial charge on any atom is -0.378 e. The van der Waals surface area contributed by atoms with Crippen molar-refractivity contribution in [3.05, 3.63) is 185 Å². The summed E-state index contributed by atoms with van der Waals surface area (Å²) >= 11 is 0. The highest BCUT2D eigenvalue weighted by molar-refractivity contribution is 5.75. The quantitative estimate of drug-likeness (QED) is 0.269. The molecule has 0 saturated carbocycles. The molecule has 0 amide bonds. The van der Waals surface area contributed by atoms with Crippen LogP contribution >= 0.6 is 0 Å². The van der Waals surface area contributed by atoms with Crippen molar-refractivity contribution >= 4 is 41.1 Å². The van der Waals surface area contributed by atoms with Crippen molar-refractivity contribution in [3.8, 4) is 0 Å². The van der Waals surface area contributed by atoms with Crippen molar-refractivity contribution < 1.29 is 0 Å². The molecule has 3 aliphatic rings. The molecule has 1 N–H and O–H groups in total. The highest BCUT2D eigenvalue weighted by atomic mass is 14.9. The van der Waals surface area contributed by atoms with Gasteiger partial charge in [0.2, 0.25) is 0 Å². The maximum atomic E-state index is 3.90. The Kier molecular flexibility index (Phi) is 13.8. The smallest absolute Gasteiger partial charge is 0.0502 e. The van der Waals surface area contributed by atoms with Gasteiger partial charge in [-0.1, -0.05) is 166 Å². The molecule has 48 heavy (non-hydrogen) atoms. The summed E-state index contributed by atoms with van der Waals surface area (Å²) in [5.74, 6) is 0. The van der Waals surface area contributed by atoms with Gasteiger partial charge in [-0.05, 0) is 72.7 Å². The number of nitrogens with one attached hydrogen (secondary N) is 1. The first-order valence-corrected chi connectivity index (χ1v) is 17.1. The number of fused-ring (bicyclic) bond motifs is 3. The van der Waals surface area contributed by atoms with Crippen LogP contribution in [0, 0.1) is 0 Å². The normalized spacial score (nSPS) is 20.4. The summed E-state index contributed by atoms with van der Waals surface area (Å²) in [4.78, 5) is 0. The largest absolute Gasteiger partial charge is 0.378 e. The first-order valence-electron chi connectivity index (χ1n) is 17.1. The molecule has 6 rings (SSSR count). The topological polar surface area (TPSA) is 17.0 Å². The number of rotatable bonds is 6. The van der Waals surface area contributed by atoms with E-state index < -0.39 is 0 Å². The van der Waals surface area contributed by atoms with Gasteiger partial charge >= 0.3 is 0 Å². The van der Waals surface area contributed by atoms with Crippen LogP contribution < -0.4 is 26.5 Å². The molecule has 3 aliphatic carbocycles. The number of allylic oxidation sites excluding steroid dienone is 16. The number of benzene rings is 2. The van der Waals surface area contributed by atoms with Gasteiger partial charge in [-0.25, -0.2) is 0 Å². The molecule has 0 spiro atoms. The fourth-order valence-electron chi connectivity index (χ4n) is 5.86. The lowest BCUT2D eigenvalue weighted by Gasteiger charge is -2.17. The van der Waals surface area contributed by atoms with Crippen molar-refractivity contribution in [3.63, 3.8) is 0 Å². The van der Waals surface area contributed by atoms with Gasteiger partial charge in [0, 0.05) is 33.9 Å². The Balaban J connectivity index is 0.000000288. The van der Waals surface area contributed by atoms with Crippen LogP contribution in [-0.2, 0) is 7.05 Å². The fourth-order valence-corrected chi connectivity index (χ4v) is 5.86. The monoisotopic (exact) mass is 630 g/mol. The third-order valence-electron chi connectivity index (χ3n) is 8.38. The van der Waals surface area contributed by atoms with E-state index in [4.69, 9.17) is 0 Å². The Morgan fingerprint density at radius 2 is 1.42 bits per heavy atom. The molecule has 0 fully saturated rings. The van der Waals surface area contributed by atoms with E-state index in [9.17, 15) is 0 Å². The van der Waals surface area contributed by atoms with Crippen LogP contribution in [0.3, 0.4) is 0 Å². The summed E-state index contributed by atoms with van der Waals surface area (Å²) in [6.45, 7) is 13.9. The molecular formula is C46H50N2. The summed E-state index contributed by atoms with van der Waals surface area (Å²) < 4.78 is 2.29. The molecular weight excluding hydrogens is 581 g/mol. The standard InChI is InChI=1S/C31H30N2.C13H14.C2H6/c1-4-14-24(5-2)25-17-19-26(20-18-25)32-27-21-22-29-28-15-12-10-8-6-7-9-11-13-16-30(28)33(3)31(29)23-27;1-11-7-9-13(10-8-11)12-5-3-2-4-6-12;1-2/h4-20,22-23,27,32H,1-2,21H2,3H3;2-7,9H,8,10H2,1H3;1-2H3/b7-6?,8-6-,9-7+,10-8?,11-9?,12-10-,13-11+,15-12?,16-13?,24-14+,28-15-,30-16+;;. The molecule has 0 bridgehead atoms. The molecule has 1 unspecified atom stereocenters. The summed E-state index contributed by atoms with van der Waals surface area (Å²) in [6, 6.07) is 19.3. The Labute approximate surface area is 287 Å². The molecule has 244 valence electrons. The first-order chi connectivity index (χ1) is 23.6. The number of nitrogens with zero attached hydrogens (tertiary/aromatic N) is 1. The lowest BCUT2D eigenvalue weighted by Crippen LogP contribution is -2.41. The van der Waals surface area contributed by atoms with E-state index in [1.807, 2.05) is 50.3 Å². The molecule has 1 heterocycles. The van der Waals surface area contributed by atoms with Crippen LogP contribution in [0.5, 0.6) is 0 Å². The van der Waals surface area contributed by atoms with Crippen LogP contribution in [0.15, 0.2) is 152 Å². The van der Waals surface area contributed by atoms with E-state index in [0.717, 1.165) is 23.2 Å². The third-order valence-corrected chi connectivity index (χ3v) is 8.38. The lowest BCUT2D eigenvalue weighted by molar-refractivity contribution is 0.835. The molecule has 1 atom stereocenters. The predicted molar refractivity (Wildman–Crippen MR) is 214 cm³/mol. The molecule has 2 heteroatoms. The second-order valence-electron chi connectivity index (χ2n) is 11.6. The van der Waals surface area contributed by atoms with Gasteiger partial charge in [0.15, 0.2) is 0 Å². The average Bonchev–Trinajstić information content (AvgIpc) is 3.38. The van der Waals surface area contributed by atoms with Crippen molar-refractivity contribution in [2.75, 3.05) is 5.32 Å². The van der Waals surface area contributed by atoms with E-state index in [1.54, 1.807) is 6.08 Å². The molecule has 0 saturated heterocycles. The number of anilines is 1. The molecule has 0 radical (unpaired) electrons. The molecule has 1 aromatic heterocycles. The molecule has 2 nitrogen and oxygen atoms in total. The fraction of sp³-hybridized carbons (Fsp3) is 0.174. The molecule has 0 aliphatic heterocycles. The lowest BCUT2D eigenvalue weighted by atomic mass is 9.94. The summed E-state index contributed by atoms with van der Waals surface area (Å²) in [5.41, 5.74) is 7.63. The second kappa shape index (κ2) is 18.7. The van der Waals surface area contributed by atoms with Gasteiger partial charge in [0.05, 0.1) is 6.04 Å². The number of aromatic nitrogens is 1. The van der Waals surface area contributed by atoms with E-state index in [0.29, 0.717) is 0 Å². The zero-order valence-electron chi connectivity index (χ0n) is 29.1. The van der Waals surface area contributed by atoms with Crippen LogP contribution in [-0.4, -0.2) is 10.6 Å². The first kappa shape index (κ1) is 35.5. The van der Waals surface area contributed by atoms with E-state index in [2.05, 4.69) is 152 Å². The third kappa shape index (κ3) is 9.59. The van der Waals surface area contributed by atoms with Gasteiger partial charge in [-0.15, -0.1) is 0 Å². The van der Waals surface area contributed by atoms with Crippen LogP contribution in [0.2, 0.25) is 0 Å². The predicted octanol–water partition coefficient (Wildman–Crippen LogP) is 8.86. The number of hydrogen-bond acceptors (Lipinski definition) is 1. The summed E-state index contributed by atoms with van der Waals surface area (Å²) in [6.07, 6.45) is 39.0. The van der Waals surface area contributed by atoms with Crippen molar-refractivity contribution in [1.29, 1.82) is 0 Å². The highest BCUT2D eigenvalue weighted by Gasteiger charge is 2.12. The van der Waals surface area contributed by atoms with Gasteiger partial charge < -0.3 is 9.88 Å². The van der Waals surface area contributed by atoms with Gasteiger partial charge in [0.25, 0.3) is 0 Å². The van der Waals surface area contributed by atoms with Gasteiger partial charge in [-0.2, -0.15) is 0 Å². The SMILES string of the molecule is C=C/C=C(\C=C)c1ccc(NC2C=c3c(c4/c(n3C)=C\C=C\C=C\C=C/C=C\C=4)=CC2)cc1.CC.CC1=CC=C(c2ccccc2)CC1. The minimum atomic E-state index is 0.235. The Bertz CT molecular complexity index is 2020. The molecule has 2 aromatic carbocycles. The summed E-state index contributed by atoms with van der Waals surface area (Å²) in [7, 11) is 2.14. The maximum Gasteiger partial charge on any atom is 0.0502 e. The Hall–Kier alpha value is -5.34. The highest BCUT2D eigenvalue weighted by Crippen LogP contribution is 2.26. The Morgan fingerprint density at radius 1 is 0.750 bits per heavy atom. The van der Waals surface area contributed by atoms with Gasteiger partial charge in [0.1, 0.15) is 0 Å². The average molecular weight is 631 g/mol. The van der Waals surface area contributed by atoms with E-state index >= 15 is 0 Å². The van der Waals surface area contributed by atoms with E-state index in [-0.39, 0.29) is 6.04 Å².